The fourth-order valence-electron chi connectivity index (χ4n) is 3.31. The van der Waals surface area contributed by atoms with E-state index < -0.39 is 0 Å². The lowest BCUT2D eigenvalue weighted by molar-refractivity contribution is -0.136. The first-order valence-electron chi connectivity index (χ1n) is 7.38. The molecule has 1 amide bonds. The molecule has 18 heavy (non-hydrogen) atoms. The van der Waals surface area contributed by atoms with Crippen LogP contribution in [-0.4, -0.2) is 47.7 Å². The van der Waals surface area contributed by atoms with E-state index in [0.717, 1.165) is 45.2 Å². The Labute approximate surface area is 110 Å². The van der Waals surface area contributed by atoms with Crippen molar-refractivity contribution in [2.45, 2.75) is 57.5 Å². The van der Waals surface area contributed by atoms with E-state index in [9.17, 15) is 4.79 Å². The molecule has 4 nitrogen and oxygen atoms in total. The van der Waals surface area contributed by atoms with E-state index in [1.165, 1.54) is 6.42 Å². The molecule has 0 aromatic carbocycles. The van der Waals surface area contributed by atoms with E-state index in [2.05, 4.69) is 17.1 Å². The highest BCUT2D eigenvalue weighted by Crippen LogP contribution is 2.25. The second-order valence-corrected chi connectivity index (χ2v) is 5.74. The maximum atomic E-state index is 12.6. The first kappa shape index (κ1) is 13.8. The van der Waals surface area contributed by atoms with Crippen molar-refractivity contribution in [1.82, 2.24) is 10.2 Å². The first-order chi connectivity index (χ1) is 8.74. The summed E-state index contributed by atoms with van der Waals surface area (Å²) in [6.45, 7) is 4.28. The second-order valence-electron chi connectivity index (χ2n) is 5.74. The van der Waals surface area contributed by atoms with Gasteiger partial charge in [-0.2, -0.15) is 0 Å². The zero-order chi connectivity index (χ0) is 13.0. The number of hydrogen-bond acceptors (Lipinski definition) is 3. The minimum Gasteiger partial charge on any atom is -0.396 e. The molecule has 2 saturated heterocycles. The summed E-state index contributed by atoms with van der Waals surface area (Å²) in [5, 5.41) is 12.3. The normalized spacial score (nSPS) is 32.8. The van der Waals surface area contributed by atoms with Gasteiger partial charge in [-0.05, 0) is 51.0 Å². The average molecular weight is 254 g/mol. The SMILES string of the molecule is CC1CCCNC1C(=O)N1CCCC1CCCO. The highest BCUT2D eigenvalue weighted by atomic mass is 16.3. The number of rotatable bonds is 4. The third kappa shape index (κ3) is 3.04. The summed E-state index contributed by atoms with van der Waals surface area (Å²) in [6, 6.07) is 0.383. The van der Waals surface area contributed by atoms with Crippen molar-refractivity contribution < 1.29 is 9.90 Å². The molecule has 4 heteroatoms. The van der Waals surface area contributed by atoms with Crippen molar-refractivity contribution in [1.29, 1.82) is 0 Å². The summed E-state index contributed by atoms with van der Waals surface area (Å²) in [6.07, 6.45) is 6.30. The molecule has 0 aromatic rings. The van der Waals surface area contributed by atoms with Gasteiger partial charge in [0.25, 0.3) is 0 Å². The molecule has 0 aliphatic carbocycles. The lowest BCUT2D eigenvalue weighted by Gasteiger charge is -2.34. The van der Waals surface area contributed by atoms with E-state index in [1.807, 2.05) is 0 Å². The summed E-state index contributed by atoms with van der Waals surface area (Å²) in [7, 11) is 0. The van der Waals surface area contributed by atoms with Crippen molar-refractivity contribution in [3.8, 4) is 0 Å². The molecule has 3 unspecified atom stereocenters. The summed E-state index contributed by atoms with van der Waals surface area (Å²) < 4.78 is 0. The number of likely N-dealkylation sites (tertiary alicyclic amines) is 1. The summed E-state index contributed by atoms with van der Waals surface area (Å²) >= 11 is 0. The number of amides is 1. The molecule has 2 fully saturated rings. The Balaban J connectivity index is 1.94. The third-order valence-corrected chi connectivity index (χ3v) is 4.39. The largest absolute Gasteiger partial charge is 0.396 e. The van der Waals surface area contributed by atoms with Gasteiger partial charge in [-0.15, -0.1) is 0 Å². The van der Waals surface area contributed by atoms with Gasteiger partial charge in [-0.25, -0.2) is 0 Å². The molecule has 0 bridgehead atoms. The number of hydrogen-bond donors (Lipinski definition) is 2. The fourth-order valence-corrected chi connectivity index (χ4v) is 3.31. The molecule has 2 heterocycles. The van der Waals surface area contributed by atoms with Gasteiger partial charge in [0.15, 0.2) is 0 Å². The Bertz CT molecular complexity index is 283. The predicted octanol–water partition coefficient (Wildman–Crippen LogP) is 1.14. The number of nitrogens with zero attached hydrogens (tertiary/aromatic N) is 1. The van der Waals surface area contributed by atoms with Gasteiger partial charge in [0.2, 0.25) is 5.91 Å². The molecule has 0 radical (unpaired) electrons. The minimum atomic E-state index is 0.0217. The van der Waals surface area contributed by atoms with Crippen molar-refractivity contribution >= 4 is 5.91 Å². The Morgan fingerprint density at radius 3 is 2.94 bits per heavy atom. The van der Waals surface area contributed by atoms with Gasteiger partial charge >= 0.3 is 0 Å². The van der Waals surface area contributed by atoms with Crippen LogP contribution in [0.15, 0.2) is 0 Å². The smallest absolute Gasteiger partial charge is 0.240 e. The van der Waals surface area contributed by atoms with Gasteiger partial charge in [-0.3, -0.25) is 4.79 Å². The maximum absolute atomic E-state index is 12.6. The monoisotopic (exact) mass is 254 g/mol. The highest BCUT2D eigenvalue weighted by molar-refractivity contribution is 5.82. The summed E-state index contributed by atoms with van der Waals surface area (Å²) in [5.41, 5.74) is 0. The first-order valence-corrected chi connectivity index (χ1v) is 7.38. The molecule has 3 atom stereocenters. The molecule has 2 rings (SSSR count). The summed E-state index contributed by atoms with van der Waals surface area (Å²) in [5.74, 6) is 0.744. The minimum absolute atomic E-state index is 0.0217. The van der Waals surface area contributed by atoms with Crippen LogP contribution in [-0.2, 0) is 4.79 Å². The van der Waals surface area contributed by atoms with Crippen LogP contribution in [0.4, 0.5) is 0 Å². The van der Waals surface area contributed by atoms with E-state index in [-0.39, 0.29) is 12.6 Å². The number of nitrogens with one attached hydrogen (secondary N) is 1. The Morgan fingerprint density at radius 1 is 1.39 bits per heavy atom. The van der Waals surface area contributed by atoms with Crippen LogP contribution in [0.3, 0.4) is 0 Å². The molecule has 2 aliphatic heterocycles. The molecule has 0 aromatic heterocycles. The lowest BCUT2D eigenvalue weighted by Crippen LogP contribution is -2.53. The Hall–Kier alpha value is -0.610. The number of aliphatic hydroxyl groups excluding tert-OH is 1. The standard InChI is InChI=1S/C14H26N2O2/c1-11-5-2-8-15-13(11)14(18)16-9-3-6-12(16)7-4-10-17/h11-13,15,17H,2-10H2,1H3. The van der Waals surface area contributed by atoms with Crippen LogP contribution in [0.1, 0.15) is 45.4 Å². The lowest BCUT2D eigenvalue weighted by atomic mass is 9.91. The van der Waals surface area contributed by atoms with Crippen LogP contribution in [0.25, 0.3) is 0 Å². The van der Waals surface area contributed by atoms with E-state index in [4.69, 9.17) is 5.11 Å². The number of aliphatic hydroxyl groups is 1. The van der Waals surface area contributed by atoms with Gasteiger partial charge in [0.1, 0.15) is 0 Å². The predicted molar refractivity (Wildman–Crippen MR) is 71.2 cm³/mol. The number of carbonyl (C=O) groups is 1. The average Bonchev–Trinajstić information content (AvgIpc) is 2.84. The van der Waals surface area contributed by atoms with Crippen molar-refractivity contribution in [3.63, 3.8) is 0 Å². The van der Waals surface area contributed by atoms with Gasteiger partial charge in [0, 0.05) is 19.2 Å². The molecular weight excluding hydrogens is 228 g/mol. The summed E-state index contributed by atoms with van der Waals surface area (Å²) in [4.78, 5) is 14.6. The van der Waals surface area contributed by atoms with E-state index in [0.29, 0.717) is 17.9 Å². The number of carbonyl (C=O) groups excluding carboxylic acids is 1. The number of piperidine rings is 1. The maximum Gasteiger partial charge on any atom is 0.240 e. The van der Waals surface area contributed by atoms with Crippen molar-refractivity contribution in [3.05, 3.63) is 0 Å². The highest BCUT2D eigenvalue weighted by Gasteiger charge is 2.35. The van der Waals surface area contributed by atoms with Crippen LogP contribution >= 0.6 is 0 Å². The molecule has 0 spiro atoms. The van der Waals surface area contributed by atoms with Gasteiger partial charge in [-0.1, -0.05) is 6.92 Å². The quantitative estimate of drug-likeness (QED) is 0.791. The van der Waals surface area contributed by atoms with Crippen LogP contribution in [0, 0.1) is 5.92 Å². The van der Waals surface area contributed by atoms with Crippen LogP contribution < -0.4 is 5.32 Å². The van der Waals surface area contributed by atoms with Crippen molar-refractivity contribution in [2.24, 2.45) is 5.92 Å². The van der Waals surface area contributed by atoms with E-state index in [1.54, 1.807) is 0 Å². The zero-order valence-corrected chi connectivity index (χ0v) is 11.4. The molecule has 2 N–H and O–H groups in total. The Morgan fingerprint density at radius 2 is 2.22 bits per heavy atom. The Kier molecular flexibility index (Phi) is 5.01. The topological polar surface area (TPSA) is 52.6 Å². The van der Waals surface area contributed by atoms with E-state index >= 15 is 0 Å². The zero-order valence-electron chi connectivity index (χ0n) is 11.4. The van der Waals surface area contributed by atoms with Crippen LogP contribution in [0.5, 0.6) is 0 Å². The molecule has 2 aliphatic rings. The van der Waals surface area contributed by atoms with Gasteiger partial charge < -0.3 is 15.3 Å². The second kappa shape index (κ2) is 6.53. The molecular formula is C14H26N2O2. The van der Waals surface area contributed by atoms with Crippen LogP contribution in [0.2, 0.25) is 0 Å². The molecule has 0 saturated carbocycles. The third-order valence-electron chi connectivity index (χ3n) is 4.39. The van der Waals surface area contributed by atoms with Crippen molar-refractivity contribution in [2.75, 3.05) is 19.7 Å². The van der Waals surface area contributed by atoms with Gasteiger partial charge in [0.05, 0.1) is 6.04 Å². The fraction of sp³-hybridized carbons (Fsp3) is 0.929. The molecule has 104 valence electrons.